The number of hydrogen-bond donors (Lipinski definition) is 1. The van der Waals surface area contributed by atoms with Crippen LogP contribution < -0.4 is 5.32 Å². The SMILES string of the molecule is C[C@@H](c1ccccc1)N1C(=O)c2ccc(C(=O)OCC(=O)Nc3ccc(Br)c(Cl)c3)cc2C1=O. The number of nitrogens with zero attached hydrogens (tertiary/aromatic N) is 1. The first-order valence-corrected chi connectivity index (χ1v) is 11.4. The zero-order chi connectivity index (χ0) is 24.4. The van der Waals surface area contributed by atoms with Crippen molar-refractivity contribution in [1.29, 1.82) is 0 Å². The predicted octanol–water partition coefficient (Wildman–Crippen LogP) is 5.26. The Morgan fingerprint density at radius 2 is 1.71 bits per heavy atom. The van der Waals surface area contributed by atoms with Crippen molar-refractivity contribution in [3.05, 3.63) is 98.5 Å². The number of carbonyl (C=O) groups is 4. The van der Waals surface area contributed by atoms with Crippen LogP contribution in [0, 0.1) is 0 Å². The summed E-state index contributed by atoms with van der Waals surface area (Å²) in [7, 11) is 0. The Morgan fingerprint density at radius 3 is 2.41 bits per heavy atom. The van der Waals surface area contributed by atoms with Crippen LogP contribution in [0.2, 0.25) is 5.02 Å². The number of fused-ring (bicyclic) bond motifs is 1. The molecular weight excluding hydrogens is 524 g/mol. The second-order valence-electron chi connectivity index (χ2n) is 7.58. The van der Waals surface area contributed by atoms with Crippen LogP contribution in [0.3, 0.4) is 0 Å². The maximum Gasteiger partial charge on any atom is 0.338 e. The highest BCUT2D eigenvalue weighted by Gasteiger charge is 2.39. The molecule has 1 aliphatic rings. The molecule has 0 unspecified atom stereocenters. The summed E-state index contributed by atoms with van der Waals surface area (Å²) in [5.74, 6) is -2.26. The van der Waals surface area contributed by atoms with Crippen molar-refractivity contribution in [3.8, 4) is 0 Å². The molecule has 172 valence electrons. The summed E-state index contributed by atoms with van der Waals surface area (Å²) in [6.07, 6.45) is 0. The zero-order valence-electron chi connectivity index (χ0n) is 17.9. The maximum atomic E-state index is 13.0. The van der Waals surface area contributed by atoms with E-state index in [4.69, 9.17) is 16.3 Å². The van der Waals surface area contributed by atoms with Gasteiger partial charge in [0.25, 0.3) is 17.7 Å². The van der Waals surface area contributed by atoms with E-state index < -0.39 is 36.3 Å². The number of anilines is 1. The van der Waals surface area contributed by atoms with Crippen LogP contribution in [0.1, 0.15) is 49.6 Å². The fraction of sp³-hybridized carbons (Fsp3) is 0.120. The van der Waals surface area contributed by atoms with Crippen LogP contribution in [-0.4, -0.2) is 35.2 Å². The summed E-state index contributed by atoms with van der Waals surface area (Å²) >= 11 is 9.26. The van der Waals surface area contributed by atoms with Crippen molar-refractivity contribution in [2.45, 2.75) is 13.0 Å². The highest BCUT2D eigenvalue weighted by Crippen LogP contribution is 2.32. The lowest BCUT2D eigenvalue weighted by molar-refractivity contribution is -0.119. The number of ether oxygens (including phenoxy) is 1. The average molecular weight is 542 g/mol. The summed E-state index contributed by atoms with van der Waals surface area (Å²) in [6.45, 7) is 1.23. The molecule has 7 nitrogen and oxygen atoms in total. The van der Waals surface area contributed by atoms with Gasteiger partial charge >= 0.3 is 5.97 Å². The molecule has 0 aromatic heterocycles. The Hall–Kier alpha value is -3.49. The largest absolute Gasteiger partial charge is 0.452 e. The van der Waals surface area contributed by atoms with Gasteiger partial charge in [-0.15, -0.1) is 0 Å². The molecule has 9 heteroatoms. The van der Waals surface area contributed by atoms with Gasteiger partial charge in [0, 0.05) is 10.2 Å². The van der Waals surface area contributed by atoms with E-state index in [1.807, 2.05) is 30.3 Å². The highest BCUT2D eigenvalue weighted by molar-refractivity contribution is 9.10. The number of rotatable bonds is 6. The number of imide groups is 1. The molecule has 1 atom stereocenters. The first kappa shape index (κ1) is 23.7. The van der Waals surface area contributed by atoms with Crippen molar-refractivity contribution >= 4 is 56.9 Å². The van der Waals surface area contributed by atoms with Crippen LogP contribution >= 0.6 is 27.5 Å². The first-order chi connectivity index (χ1) is 16.3. The molecule has 0 radical (unpaired) electrons. The number of benzene rings is 3. The second-order valence-corrected chi connectivity index (χ2v) is 8.84. The summed E-state index contributed by atoms with van der Waals surface area (Å²) in [6, 6.07) is 17.7. The van der Waals surface area contributed by atoms with Gasteiger partial charge in [-0.3, -0.25) is 19.3 Å². The fourth-order valence-electron chi connectivity index (χ4n) is 3.60. The third-order valence-electron chi connectivity index (χ3n) is 5.36. The molecule has 1 heterocycles. The summed E-state index contributed by atoms with van der Waals surface area (Å²) in [4.78, 5) is 51.6. The standard InChI is InChI=1S/C25H18BrClN2O5/c1-14(15-5-3-2-4-6-15)29-23(31)18-9-7-16(11-19(18)24(29)32)25(33)34-13-22(30)28-17-8-10-20(26)21(27)12-17/h2-12,14H,13H2,1H3,(H,28,30)/t14-/m0/s1. The van der Waals surface area contributed by atoms with E-state index in [1.165, 1.54) is 23.1 Å². The molecule has 0 fully saturated rings. The Kier molecular flexibility index (Phi) is 6.81. The van der Waals surface area contributed by atoms with E-state index in [0.717, 1.165) is 5.56 Å². The lowest BCUT2D eigenvalue weighted by Gasteiger charge is -2.22. The highest BCUT2D eigenvalue weighted by atomic mass is 79.9. The lowest BCUT2D eigenvalue weighted by atomic mass is 10.1. The van der Waals surface area contributed by atoms with Gasteiger partial charge in [0.05, 0.1) is 27.8 Å². The van der Waals surface area contributed by atoms with Gasteiger partial charge in [-0.2, -0.15) is 0 Å². The minimum Gasteiger partial charge on any atom is -0.452 e. The molecule has 1 aliphatic heterocycles. The average Bonchev–Trinajstić information content (AvgIpc) is 3.09. The van der Waals surface area contributed by atoms with E-state index in [2.05, 4.69) is 21.2 Å². The molecule has 34 heavy (non-hydrogen) atoms. The van der Waals surface area contributed by atoms with E-state index in [0.29, 0.717) is 15.2 Å². The molecular formula is C25H18BrClN2O5. The van der Waals surface area contributed by atoms with Gasteiger partial charge in [-0.1, -0.05) is 41.9 Å². The van der Waals surface area contributed by atoms with Crippen LogP contribution in [0.25, 0.3) is 0 Å². The minimum atomic E-state index is -0.790. The minimum absolute atomic E-state index is 0.0635. The number of halogens is 2. The van der Waals surface area contributed by atoms with Gasteiger partial charge in [-0.05, 0) is 64.8 Å². The molecule has 0 saturated carbocycles. The Labute approximate surface area is 208 Å². The topological polar surface area (TPSA) is 92.8 Å². The molecule has 0 saturated heterocycles. The smallest absolute Gasteiger partial charge is 0.338 e. The fourth-order valence-corrected chi connectivity index (χ4v) is 4.03. The van der Waals surface area contributed by atoms with E-state index in [1.54, 1.807) is 25.1 Å². The quantitative estimate of drug-likeness (QED) is 0.340. The lowest BCUT2D eigenvalue weighted by Crippen LogP contribution is -2.32. The van der Waals surface area contributed by atoms with Crippen LogP contribution in [0.5, 0.6) is 0 Å². The molecule has 3 amide bonds. The summed E-state index contributed by atoms with van der Waals surface area (Å²) < 4.78 is 5.76. The predicted molar refractivity (Wildman–Crippen MR) is 130 cm³/mol. The second kappa shape index (κ2) is 9.79. The molecule has 0 bridgehead atoms. The Balaban J connectivity index is 1.43. The number of esters is 1. The van der Waals surface area contributed by atoms with E-state index >= 15 is 0 Å². The summed E-state index contributed by atoms with van der Waals surface area (Å²) in [5.41, 5.74) is 1.66. The van der Waals surface area contributed by atoms with Crippen LogP contribution in [-0.2, 0) is 9.53 Å². The number of carbonyl (C=O) groups excluding carboxylic acids is 4. The van der Waals surface area contributed by atoms with Gasteiger partial charge in [-0.25, -0.2) is 4.79 Å². The Morgan fingerprint density at radius 1 is 1.00 bits per heavy atom. The molecule has 0 aliphatic carbocycles. The van der Waals surface area contributed by atoms with Gasteiger partial charge < -0.3 is 10.1 Å². The van der Waals surface area contributed by atoms with Crippen LogP contribution in [0.15, 0.2) is 71.2 Å². The van der Waals surface area contributed by atoms with Crippen molar-refractivity contribution in [3.63, 3.8) is 0 Å². The number of nitrogens with one attached hydrogen (secondary N) is 1. The normalized spacial score (nSPS) is 13.4. The molecule has 1 N–H and O–H groups in total. The van der Waals surface area contributed by atoms with Crippen molar-refractivity contribution < 1.29 is 23.9 Å². The van der Waals surface area contributed by atoms with Crippen LogP contribution in [0.4, 0.5) is 5.69 Å². The maximum absolute atomic E-state index is 13.0. The zero-order valence-corrected chi connectivity index (χ0v) is 20.2. The monoisotopic (exact) mass is 540 g/mol. The molecule has 3 aromatic rings. The van der Waals surface area contributed by atoms with Gasteiger partial charge in [0.15, 0.2) is 6.61 Å². The summed E-state index contributed by atoms with van der Waals surface area (Å²) in [5, 5.41) is 3.00. The number of hydrogen-bond acceptors (Lipinski definition) is 5. The third kappa shape index (κ3) is 4.73. The molecule has 4 rings (SSSR count). The van der Waals surface area contributed by atoms with E-state index in [-0.39, 0.29) is 16.7 Å². The van der Waals surface area contributed by atoms with Gasteiger partial charge in [0.2, 0.25) is 0 Å². The van der Waals surface area contributed by atoms with E-state index in [9.17, 15) is 19.2 Å². The third-order valence-corrected chi connectivity index (χ3v) is 6.59. The molecule has 3 aromatic carbocycles. The molecule has 0 spiro atoms. The van der Waals surface area contributed by atoms with Crippen molar-refractivity contribution in [1.82, 2.24) is 4.90 Å². The van der Waals surface area contributed by atoms with Gasteiger partial charge in [0.1, 0.15) is 0 Å². The van der Waals surface area contributed by atoms with Crippen molar-refractivity contribution in [2.24, 2.45) is 0 Å². The van der Waals surface area contributed by atoms with Crippen molar-refractivity contribution in [2.75, 3.05) is 11.9 Å². The Bertz CT molecular complexity index is 1310. The first-order valence-electron chi connectivity index (χ1n) is 10.2. The number of amides is 3.